The number of benzene rings is 1. The smallest absolute Gasteiger partial charge is 0.241 e. The number of anilines is 1. The van der Waals surface area contributed by atoms with Gasteiger partial charge in [-0.15, -0.1) is 0 Å². The van der Waals surface area contributed by atoms with Crippen LogP contribution in [0.2, 0.25) is 0 Å². The minimum Gasteiger partial charge on any atom is -0.494 e. The number of hydrogen-bond acceptors (Lipinski definition) is 4. The molecule has 0 radical (unpaired) electrons. The van der Waals surface area contributed by atoms with Crippen molar-refractivity contribution in [1.29, 1.82) is 0 Å². The molecule has 1 heterocycles. The fraction of sp³-hybridized carbons (Fsp3) is 0.562. The number of nitrogens with one attached hydrogen (secondary N) is 2. The van der Waals surface area contributed by atoms with Gasteiger partial charge in [0.05, 0.1) is 18.8 Å². The largest absolute Gasteiger partial charge is 0.494 e. The van der Waals surface area contributed by atoms with Crippen LogP contribution in [-0.2, 0) is 4.79 Å². The summed E-state index contributed by atoms with van der Waals surface area (Å²) in [5.74, 6) is 1.24. The fourth-order valence-corrected chi connectivity index (χ4v) is 2.22. The first-order valence-electron chi connectivity index (χ1n) is 7.50. The lowest BCUT2D eigenvalue weighted by atomic mass is 10.1. The first-order chi connectivity index (χ1) is 10.0. The average molecular weight is 292 g/mol. The lowest BCUT2D eigenvalue weighted by Gasteiger charge is -2.13. The van der Waals surface area contributed by atoms with Crippen LogP contribution in [0.15, 0.2) is 24.3 Å². The Morgan fingerprint density at radius 3 is 3.00 bits per heavy atom. The van der Waals surface area contributed by atoms with E-state index in [1.54, 1.807) is 0 Å². The molecular formula is C16H24N2O3. The number of ether oxygens (including phenoxy) is 1. The van der Waals surface area contributed by atoms with Crippen LogP contribution in [0.5, 0.6) is 5.75 Å². The molecule has 0 bridgehead atoms. The van der Waals surface area contributed by atoms with Crippen molar-refractivity contribution in [1.82, 2.24) is 5.32 Å². The van der Waals surface area contributed by atoms with Gasteiger partial charge in [-0.3, -0.25) is 4.79 Å². The molecule has 2 atom stereocenters. The Hall–Kier alpha value is -1.59. The molecule has 0 aromatic heterocycles. The van der Waals surface area contributed by atoms with E-state index in [0.29, 0.717) is 31.2 Å². The number of aliphatic hydroxyl groups is 1. The summed E-state index contributed by atoms with van der Waals surface area (Å²) < 4.78 is 5.67. The quantitative estimate of drug-likeness (QED) is 0.747. The third-order valence-corrected chi connectivity index (χ3v) is 3.49. The third kappa shape index (κ3) is 5.02. The van der Waals surface area contributed by atoms with Crippen LogP contribution in [0.3, 0.4) is 0 Å². The summed E-state index contributed by atoms with van der Waals surface area (Å²) >= 11 is 0. The predicted octanol–water partition coefficient (Wildman–Crippen LogP) is 1.77. The van der Waals surface area contributed by atoms with Gasteiger partial charge in [0, 0.05) is 18.3 Å². The van der Waals surface area contributed by atoms with Crippen molar-refractivity contribution in [2.75, 3.05) is 18.5 Å². The molecule has 5 nitrogen and oxygen atoms in total. The molecule has 1 aromatic carbocycles. The number of rotatable bonds is 6. The maximum atomic E-state index is 12.0. The Morgan fingerprint density at radius 1 is 1.52 bits per heavy atom. The second-order valence-electron chi connectivity index (χ2n) is 5.90. The molecule has 0 saturated carbocycles. The molecule has 116 valence electrons. The van der Waals surface area contributed by atoms with E-state index in [4.69, 9.17) is 4.74 Å². The highest BCUT2D eigenvalue weighted by molar-refractivity contribution is 5.95. The zero-order valence-corrected chi connectivity index (χ0v) is 12.6. The summed E-state index contributed by atoms with van der Waals surface area (Å²) in [5, 5.41) is 15.3. The summed E-state index contributed by atoms with van der Waals surface area (Å²) in [6.45, 7) is 5.45. The Kier molecular flexibility index (Phi) is 5.59. The zero-order chi connectivity index (χ0) is 15.2. The van der Waals surface area contributed by atoms with E-state index >= 15 is 0 Å². The highest BCUT2D eigenvalue weighted by Gasteiger charge is 2.27. The van der Waals surface area contributed by atoms with Gasteiger partial charge in [-0.1, -0.05) is 19.9 Å². The van der Waals surface area contributed by atoms with Gasteiger partial charge >= 0.3 is 0 Å². The van der Waals surface area contributed by atoms with Crippen molar-refractivity contribution in [3.05, 3.63) is 24.3 Å². The standard InChI is InChI=1S/C16H24N2O3/c1-11(2)6-7-21-14-5-3-4-12(8-14)18-16(20)15-9-13(19)10-17-15/h3-5,8,11,13,15,17,19H,6-7,9-10H2,1-2H3,(H,18,20). The van der Waals surface area contributed by atoms with Gasteiger partial charge < -0.3 is 20.5 Å². The minimum atomic E-state index is -0.438. The van der Waals surface area contributed by atoms with E-state index in [-0.39, 0.29) is 11.9 Å². The minimum absolute atomic E-state index is 0.120. The maximum Gasteiger partial charge on any atom is 0.241 e. The third-order valence-electron chi connectivity index (χ3n) is 3.49. The number of carbonyl (C=O) groups excluding carboxylic acids is 1. The Labute approximate surface area is 125 Å². The van der Waals surface area contributed by atoms with Crippen LogP contribution in [0.1, 0.15) is 26.7 Å². The molecular weight excluding hydrogens is 268 g/mol. The lowest BCUT2D eigenvalue weighted by Crippen LogP contribution is -2.35. The SMILES string of the molecule is CC(C)CCOc1cccc(NC(=O)C2CC(O)CN2)c1. The number of hydrogen-bond donors (Lipinski definition) is 3. The van der Waals surface area contributed by atoms with Crippen LogP contribution in [0, 0.1) is 5.92 Å². The predicted molar refractivity (Wildman–Crippen MR) is 82.4 cm³/mol. The number of aliphatic hydroxyl groups excluding tert-OH is 1. The fourth-order valence-electron chi connectivity index (χ4n) is 2.22. The van der Waals surface area contributed by atoms with Gasteiger partial charge in [-0.25, -0.2) is 0 Å². The first kappa shape index (κ1) is 15.8. The topological polar surface area (TPSA) is 70.6 Å². The van der Waals surface area contributed by atoms with Gasteiger partial charge in [-0.2, -0.15) is 0 Å². The van der Waals surface area contributed by atoms with Gasteiger partial charge in [0.25, 0.3) is 0 Å². The van der Waals surface area contributed by atoms with Crippen molar-refractivity contribution >= 4 is 11.6 Å². The monoisotopic (exact) mass is 292 g/mol. The van der Waals surface area contributed by atoms with Crippen LogP contribution < -0.4 is 15.4 Å². The molecule has 0 aliphatic carbocycles. The molecule has 2 unspecified atom stereocenters. The normalized spacial score (nSPS) is 21.5. The van der Waals surface area contributed by atoms with E-state index in [2.05, 4.69) is 24.5 Å². The highest BCUT2D eigenvalue weighted by Crippen LogP contribution is 2.19. The maximum absolute atomic E-state index is 12.0. The number of β-amino-alcohol motifs (C(OH)–C–C–N with tert-alkyl or cyclic N) is 1. The molecule has 1 saturated heterocycles. The molecule has 1 aliphatic rings. The van der Waals surface area contributed by atoms with E-state index in [1.807, 2.05) is 24.3 Å². The van der Waals surface area contributed by atoms with Gasteiger partial charge in [0.1, 0.15) is 5.75 Å². The van der Waals surface area contributed by atoms with Crippen molar-refractivity contribution in [2.24, 2.45) is 5.92 Å². The Balaban J connectivity index is 1.87. The van der Waals surface area contributed by atoms with Crippen LogP contribution in [-0.4, -0.2) is 36.3 Å². The first-order valence-corrected chi connectivity index (χ1v) is 7.50. The second kappa shape index (κ2) is 7.43. The Bertz CT molecular complexity index is 476. The van der Waals surface area contributed by atoms with Gasteiger partial charge in [0.2, 0.25) is 5.91 Å². The molecule has 1 amide bonds. The highest BCUT2D eigenvalue weighted by atomic mass is 16.5. The van der Waals surface area contributed by atoms with Crippen LogP contribution >= 0.6 is 0 Å². The van der Waals surface area contributed by atoms with Crippen molar-refractivity contribution < 1.29 is 14.6 Å². The molecule has 21 heavy (non-hydrogen) atoms. The summed E-state index contributed by atoms with van der Waals surface area (Å²) in [4.78, 5) is 12.0. The summed E-state index contributed by atoms with van der Waals surface area (Å²) in [7, 11) is 0. The average Bonchev–Trinajstić information content (AvgIpc) is 2.85. The number of carbonyl (C=O) groups is 1. The van der Waals surface area contributed by atoms with E-state index in [1.165, 1.54) is 0 Å². The molecule has 0 spiro atoms. The Morgan fingerprint density at radius 2 is 2.33 bits per heavy atom. The lowest BCUT2D eigenvalue weighted by molar-refractivity contribution is -0.117. The van der Waals surface area contributed by atoms with Gasteiger partial charge in [-0.05, 0) is 30.9 Å². The van der Waals surface area contributed by atoms with E-state index in [0.717, 1.165) is 12.2 Å². The summed E-state index contributed by atoms with van der Waals surface area (Å²) in [6.07, 6.45) is 1.02. The molecule has 3 N–H and O–H groups in total. The van der Waals surface area contributed by atoms with E-state index < -0.39 is 6.10 Å². The molecule has 1 fully saturated rings. The number of amides is 1. The summed E-state index contributed by atoms with van der Waals surface area (Å²) in [6, 6.07) is 7.07. The molecule has 2 rings (SSSR count). The van der Waals surface area contributed by atoms with E-state index in [9.17, 15) is 9.90 Å². The van der Waals surface area contributed by atoms with Crippen molar-refractivity contribution in [3.8, 4) is 5.75 Å². The van der Waals surface area contributed by atoms with Crippen LogP contribution in [0.4, 0.5) is 5.69 Å². The zero-order valence-electron chi connectivity index (χ0n) is 12.6. The van der Waals surface area contributed by atoms with Gasteiger partial charge in [0.15, 0.2) is 0 Å². The summed E-state index contributed by atoms with van der Waals surface area (Å²) in [5.41, 5.74) is 0.713. The molecule has 5 heteroatoms. The van der Waals surface area contributed by atoms with Crippen molar-refractivity contribution in [2.45, 2.75) is 38.8 Å². The molecule has 1 aromatic rings. The molecule has 1 aliphatic heterocycles. The van der Waals surface area contributed by atoms with Crippen molar-refractivity contribution in [3.63, 3.8) is 0 Å². The van der Waals surface area contributed by atoms with Crippen LogP contribution in [0.25, 0.3) is 0 Å². The second-order valence-corrected chi connectivity index (χ2v) is 5.90.